The third-order valence-electron chi connectivity index (χ3n) is 5.68. The van der Waals surface area contributed by atoms with Gasteiger partial charge in [0, 0.05) is 30.3 Å². The molecule has 0 aromatic heterocycles. The molecule has 0 saturated carbocycles. The zero-order valence-corrected chi connectivity index (χ0v) is 20.3. The molecule has 5 nitrogen and oxygen atoms in total. The van der Waals surface area contributed by atoms with Crippen molar-refractivity contribution in [3.63, 3.8) is 0 Å². The highest BCUT2D eigenvalue weighted by Gasteiger charge is 2.73. The average Bonchev–Trinajstić information content (AvgIpc) is 2.79. The second-order valence-electron chi connectivity index (χ2n) is 7.97. The van der Waals surface area contributed by atoms with Crippen LogP contribution < -0.4 is 5.32 Å². The molecule has 0 aliphatic carbocycles. The van der Waals surface area contributed by atoms with Gasteiger partial charge < -0.3 is 5.32 Å². The SMILES string of the molecule is O=C(Nc1ccc(Cl)c(Cl)c1)C1CCN(S(=O)(=O)c2ccc(C(F)(C(F)(F)F)C(F)(F)F)cc2)CC1. The second-order valence-corrected chi connectivity index (χ2v) is 10.7. The van der Waals surface area contributed by atoms with E-state index in [1.54, 1.807) is 0 Å². The van der Waals surface area contributed by atoms with E-state index >= 15 is 0 Å². The van der Waals surface area contributed by atoms with Crippen molar-refractivity contribution in [2.45, 2.75) is 35.8 Å². The van der Waals surface area contributed by atoms with E-state index in [9.17, 15) is 43.9 Å². The van der Waals surface area contributed by atoms with Crippen molar-refractivity contribution in [1.82, 2.24) is 4.31 Å². The standard InChI is InChI=1S/C21H17Cl2F7N2O3S/c22-16-6-3-14(11-17(16)23)31-18(33)12-7-9-32(10-8-12)36(34,35)15-4-1-13(2-5-15)19(24,20(25,26)27)21(28,29)30/h1-6,11-12H,7-10H2,(H,31,33). The number of hydrogen-bond donors (Lipinski definition) is 1. The fraction of sp³-hybridized carbons (Fsp3) is 0.381. The lowest BCUT2D eigenvalue weighted by molar-refractivity contribution is -0.348. The van der Waals surface area contributed by atoms with Gasteiger partial charge in [0.1, 0.15) is 0 Å². The first-order valence-corrected chi connectivity index (χ1v) is 12.4. The molecule has 1 N–H and O–H groups in total. The van der Waals surface area contributed by atoms with Gasteiger partial charge in [0.25, 0.3) is 0 Å². The van der Waals surface area contributed by atoms with E-state index < -0.39 is 50.3 Å². The Morgan fingerprint density at radius 2 is 1.39 bits per heavy atom. The number of nitrogens with one attached hydrogen (secondary N) is 1. The number of carbonyl (C=O) groups excluding carboxylic acids is 1. The summed E-state index contributed by atoms with van der Waals surface area (Å²) in [5.41, 5.74) is -7.08. The number of nitrogens with zero attached hydrogens (tertiary/aromatic N) is 1. The maximum atomic E-state index is 14.2. The third kappa shape index (κ3) is 5.43. The number of rotatable bonds is 5. The zero-order valence-electron chi connectivity index (χ0n) is 17.9. The Kier molecular flexibility index (Phi) is 7.91. The van der Waals surface area contributed by atoms with Crippen LogP contribution in [0.2, 0.25) is 10.0 Å². The molecular formula is C21H17Cl2F7N2O3S. The van der Waals surface area contributed by atoms with Gasteiger partial charge in [0.15, 0.2) is 0 Å². The molecule has 1 amide bonds. The molecule has 0 bridgehead atoms. The summed E-state index contributed by atoms with van der Waals surface area (Å²) >= 11 is 11.7. The van der Waals surface area contributed by atoms with E-state index in [2.05, 4.69) is 5.32 Å². The van der Waals surface area contributed by atoms with Gasteiger partial charge in [0.2, 0.25) is 15.9 Å². The fourth-order valence-corrected chi connectivity index (χ4v) is 5.44. The first-order chi connectivity index (χ1) is 16.5. The third-order valence-corrected chi connectivity index (χ3v) is 8.33. The van der Waals surface area contributed by atoms with Crippen molar-refractivity contribution in [3.8, 4) is 0 Å². The van der Waals surface area contributed by atoms with E-state index in [-0.39, 0.29) is 48.1 Å². The minimum Gasteiger partial charge on any atom is -0.326 e. The molecule has 3 rings (SSSR count). The number of halogens is 9. The molecular weight excluding hydrogens is 564 g/mol. The first kappa shape index (κ1) is 28.5. The molecule has 15 heteroatoms. The lowest BCUT2D eigenvalue weighted by Crippen LogP contribution is -2.50. The van der Waals surface area contributed by atoms with Crippen LogP contribution in [0, 0.1) is 5.92 Å². The number of carbonyl (C=O) groups is 1. The maximum absolute atomic E-state index is 14.2. The number of benzene rings is 2. The van der Waals surface area contributed by atoms with Crippen LogP contribution in [-0.4, -0.2) is 44.1 Å². The Hall–Kier alpha value is -2.09. The van der Waals surface area contributed by atoms with Crippen LogP contribution in [0.4, 0.5) is 36.4 Å². The minimum absolute atomic E-state index is 0.0974. The van der Waals surface area contributed by atoms with Crippen LogP contribution in [0.25, 0.3) is 0 Å². The van der Waals surface area contributed by atoms with Gasteiger partial charge >= 0.3 is 18.0 Å². The topological polar surface area (TPSA) is 66.5 Å². The van der Waals surface area contributed by atoms with E-state index in [0.717, 1.165) is 4.31 Å². The lowest BCUT2D eigenvalue weighted by Gasteiger charge is -2.31. The predicted octanol–water partition coefficient (Wildman–Crippen LogP) is 6.32. The zero-order chi connectivity index (χ0) is 27.1. The number of amides is 1. The Labute approximate surface area is 211 Å². The molecule has 2 aromatic rings. The highest BCUT2D eigenvalue weighted by Crippen LogP contribution is 2.53. The number of piperidine rings is 1. The molecule has 1 fully saturated rings. The van der Waals surface area contributed by atoms with Crippen molar-refractivity contribution in [2.75, 3.05) is 18.4 Å². The minimum atomic E-state index is -6.31. The molecule has 1 aliphatic heterocycles. The number of anilines is 1. The van der Waals surface area contributed by atoms with Gasteiger partial charge in [-0.05, 0) is 43.2 Å². The van der Waals surface area contributed by atoms with E-state index in [1.165, 1.54) is 18.2 Å². The smallest absolute Gasteiger partial charge is 0.326 e. The van der Waals surface area contributed by atoms with Crippen molar-refractivity contribution in [3.05, 3.63) is 58.1 Å². The summed E-state index contributed by atoms with van der Waals surface area (Å²) in [5.74, 6) is -0.965. The lowest BCUT2D eigenvalue weighted by atomic mass is 9.94. The Bertz CT molecular complexity index is 1210. The van der Waals surface area contributed by atoms with Gasteiger partial charge in [-0.2, -0.15) is 30.6 Å². The van der Waals surface area contributed by atoms with Gasteiger partial charge in [-0.15, -0.1) is 0 Å². The van der Waals surface area contributed by atoms with E-state index in [1.807, 2.05) is 0 Å². The average molecular weight is 581 g/mol. The quantitative estimate of drug-likeness (QED) is 0.421. The van der Waals surface area contributed by atoms with E-state index in [4.69, 9.17) is 23.2 Å². The summed E-state index contributed by atoms with van der Waals surface area (Å²) in [7, 11) is -4.33. The summed E-state index contributed by atoms with van der Waals surface area (Å²) in [6.07, 6.45) is -12.4. The summed E-state index contributed by atoms with van der Waals surface area (Å²) in [6.45, 7) is -0.274. The molecule has 0 atom stereocenters. The van der Waals surface area contributed by atoms with Gasteiger partial charge in [-0.1, -0.05) is 35.3 Å². The van der Waals surface area contributed by atoms with Crippen molar-refractivity contribution in [2.24, 2.45) is 5.92 Å². The monoisotopic (exact) mass is 580 g/mol. The summed E-state index contributed by atoms with van der Waals surface area (Å²) in [5, 5.41) is 3.15. The Balaban J connectivity index is 1.71. The summed E-state index contributed by atoms with van der Waals surface area (Å²) in [4.78, 5) is 11.9. The van der Waals surface area contributed by atoms with E-state index in [0.29, 0.717) is 17.8 Å². The number of sulfonamides is 1. The summed E-state index contributed by atoms with van der Waals surface area (Å²) in [6, 6.07) is 5.71. The molecule has 2 aromatic carbocycles. The van der Waals surface area contributed by atoms with Crippen LogP contribution in [-0.2, 0) is 20.5 Å². The van der Waals surface area contributed by atoms with Crippen LogP contribution in [0.15, 0.2) is 47.4 Å². The van der Waals surface area contributed by atoms with Gasteiger partial charge in [0.05, 0.1) is 14.9 Å². The van der Waals surface area contributed by atoms with Crippen LogP contribution in [0.1, 0.15) is 18.4 Å². The summed E-state index contributed by atoms with van der Waals surface area (Å²) < 4.78 is 118. The molecule has 0 unspecified atom stereocenters. The molecule has 1 aliphatic rings. The first-order valence-electron chi connectivity index (χ1n) is 10.2. The molecule has 198 valence electrons. The predicted molar refractivity (Wildman–Crippen MR) is 118 cm³/mol. The largest absolute Gasteiger partial charge is 0.435 e. The fourth-order valence-electron chi connectivity index (χ4n) is 3.67. The highest BCUT2D eigenvalue weighted by atomic mass is 35.5. The molecule has 1 heterocycles. The van der Waals surface area contributed by atoms with Crippen LogP contribution >= 0.6 is 23.2 Å². The Morgan fingerprint density at radius 3 is 1.86 bits per heavy atom. The van der Waals surface area contributed by atoms with Crippen molar-refractivity contribution < 1.29 is 43.9 Å². The Morgan fingerprint density at radius 1 is 0.861 bits per heavy atom. The molecule has 36 heavy (non-hydrogen) atoms. The van der Waals surface area contributed by atoms with Gasteiger partial charge in [-0.25, -0.2) is 12.8 Å². The highest BCUT2D eigenvalue weighted by molar-refractivity contribution is 7.89. The number of hydrogen-bond acceptors (Lipinski definition) is 3. The number of alkyl halides is 7. The molecule has 1 saturated heterocycles. The maximum Gasteiger partial charge on any atom is 0.435 e. The van der Waals surface area contributed by atoms with Crippen molar-refractivity contribution in [1.29, 1.82) is 0 Å². The second kappa shape index (κ2) is 9.99. The molecule has 0 radical (unpaired) electrons. The van der Waals surface area contributed by atoms with Crippen molar-refractivity contribution >= 4 is 44.8 Å². The van der Waals surface area contributed by atoms with Gasteiger partial charge in [-0.3, -0.25) is 4.79 Å². The normalized spacial score (nSPS) is 16.7. The van der Waals surface area contributed by atoms with Crippen LogP contribution in [0.5, 0.6) is 0 Å². The molecule has 0 spiro atoms. The van der Waals surface area contributed by atoms with Crippen LogP contribution in [0.3, 0.4) is 0 Å².